The van der Waals surface area contributed by atoms with Crippen LogP contribution in [0.2, 0.25) is 0 Å². The molecule has 2 aromatic heterocycles. The van der Waals surface area contributed by atoms with Crippen molar-refractivity contribution < 1.29 is 19.1 Å². The highest BCUT2D eigenvalue weighted by atomic mass is 32.1. The molecule has 0 saturated carbocycles. The molecule has 0 spiro atoms. The third kappa shape index (κ3) is 5.75. The molecule has 1 aromatic carbocycles. The van der Waals surface area contributed by atoms with Crippen molar-refractivity contribution in [2.24, 2.45) is 0 Å². The molecule has 12 heteroatoms. The number of aryl methyl sites for hydroxylation is 2. The number of carbonyl (C=O) groups is 3. The molecule has 1 fully saturated rings. The van der Waals surface area contributed by atoms with Crippen molar-refractivity contribution in [3.05, 3.63) is 56.5 Å². The predicted molar refractivity (Wildman–Crippen MR) is 127 cm³/mol. The summed E-state index contributed by atoms with van der Waals surface area (Å²) in [5.74, 6) is -0.223. The Morgan fingerprint density at radius 3 is 2.47 bits per heavy atom. The summed E-state index contributed by atoms with van der Waals surface area (Å²) in [7, 11) is 0. The number of hydrazine groups is 1. The maximum atomic E-state index is 12.6. The molecule has 1 aliphatic heterocycles. The fourth-order valence-corrected chi connectivity index (χ4v) is 4.91. The quantitative estimate of drug-likeness (QED) is 0.498. The lowest BCUT2D eigenvalue weighted by Crippen LogP contribution is -2.42. The average Bonchev–Trinajstić information content (AvgIpc) is 3.56. The molecule has 178 valence electrons. The molecule has 1 saturated heterocycles. The molecule has 0 radical (unpaired) electrons. The molecule has 0 unspecified atom stereocenters. The Labute approximate surface area is 204 Å². The van der Waals surface area contributed by atoms with Gasteiger partial charge in [0.05, 0.1) is 5.01 Å². The summed E-state index contributed by atoms with van der Waals surface area (Å²) in [6.07, 6.45) is 1.52. The first-order valence-corrected chi connectivity index (χ1v) is 12.4. The number of nitrogens with zero attached hydrogens (tertiary/aromatic N) is 4. The lowest BCUT2D eigenvalue weighted by Gasteiger charge is -2.31. The van der Waals surface area contributed by atoms with Crippen LogP contribution in [-0.2, 0) is 4.79 Å². The van der Waals surface area contributed by atoms with Crippen molar-refractivity contribution in [1.82, 2.24) is 30.3 Å². The highest BCUT2D eigenvalue weighted by Crippen LogP contribution is 2.30. The predicted octanol–water partition coefficient (Wildman–Crippen LogP) is 2.47. The minimum atomic E-state index is -0.545. The monoisotopic (exact) mass is 500 g/mol. The van der Waals surface area contributed by atoms with E-state index in [-0.39, 0.29) is 29.8 Å². The summed E-state index contributed by atoms with van der Waals surface area (Å²) in [4.78, 5) is 43.0. The Morgan fingerprint density at radius 1 is 1.06 bits per heavy atom. The minimum Gasteiger partial charge on any atom is -0.484 e. The molecule has 1 aliphatic rings. The smallest absolute Gasteiger partial charge is 0.291 e. The van der Waals surface area contributed by atoms with Crippen LogP contribution in [0.1, 0.15) is 55.9 Å². The van der Waals surface area contributed by atoms with E-state index in [1.165, 1.54) is 22.3 Å². The maximum Gasteiger partial charge on any atom is 0.291 e. The van der Waals surface area contributed by atoms with Gasteiger partial charge in [-0.05, 0) is 61.5 Å². The van der Waals surface area contributed by atoms with Crippen LogP contribution >= 0.6 is 22.9 Å². The SMILES string of the molecule is Cc1ccc(OCC(=O)N2CCC(c3nc(C(=O)NNC(=O)c4csnn4)cs3)CC2)cc1C. The Morgan fingerprint density at radius 2 is 1.79 bits per heavy atom. The van der Waals surface area contributed by atoms with E-state index in [1.54, 1.807) is 5.38 Å². The number of amides is 3. The Bertz CT molecular complexity index is 1170. The normalized spacial score (nSPS) is 14.0. The van der Waals surface area contributed by atoms with Gasteiger partial charge in [-0.2, -0.15) is 0 Å². The van der Waals surface area contributed by atoms with Gasteiger partial charge in [-0.25, -0.2) is 4.98 Å². The van der Waals surface area contributed by atoms with Gasteiger partial charge in [-0.3, -0.25) is 25.2 Å². The fraction of sp³-hybridized carbons (Fsp3) is 0.364. The molecule has 3 amide bonds. The van der Waals surface area contributed by atoms with Crippen molar-refractivity contribution in [3.63, 3.8) is 0 Å². The van der Waals surface area contributed by atoms with Crippen LogP contribution in [0.15, 0.2) is 29.0 Å². The van der Waals surface area contributed by atoms with Gasteiger partial charge in [0, 0.05) is 29.8 Å². The zero-order valence-electron chi connectivity index (χ0n) is 18.7. The maximum absolute atomic E-state index is 12.6. The Kier molecular flexibility index (Phi) is 7.48. The van der Waals surface area contributed by atoms with Gasteiger partial charge in [0.2, 0.25) is 0 Å². The first-order chi connectivity index (χ1) is 16.4. The lowest BCUT2D eigenvalue weighted by atomic mass is 9.97. The third-order valence-corrected chi connectivity index (χ3v) is 7.19. The largest absolute Gasteiger partial charge is 0.484 e. The highest BCUT2D eigenvalue weighted by molar-refractivity contribution is 7.09. The summed E-state index contributed by atoms with van der Waals surface area (Å²) in [6.45, 7) is 5.28. The summed E-state index contributed by atoms with van der Waals surface area (Å²) < 4.78 is 9.28. The van der Waals surface area contributed by atoms with Crippen molar-refractivity contribution >= 4 is 40.6 Å². The van der Waals surface area contributed by atoms with Gasteiger partial charge in [0.25, 0.3) is 17.7 Å². The molecule has 2 N–H and O–H groups in total. The van der Waals surface area contributed by atoms with E-state index in [9.17, 15) is 14.4 Å². The first-order valence-electron chi connectivity index (χ1n) is 10.7. The second-order valence-electron chi connectivity index (χ2n) is 7.96. The third-order valence-electron chi connectivity index (χ3n) is 5.67. The number of likely N-dealkylation sites (tertiary alicyclic amines) is 1. The highest BCUT2D eigenvalue weighted by Gasteiger charge is 2.26. The summed E-state index contributed by atoms with van der Waals surface area (Å²) in [6, 6.07) is 5.79. The molecule has 0 bridgehead atoms. The number of aromatic nitrogens is 3. The number of rotatable bonds is 6. The molecular formula is C22H24N6O4S2. The Hall–Kier alpha value is -3.38. The van der Waals surface area contributed by atoms with Gasteiger partial charge in [-0.15, -0.1) is 16.4 Å². The number of hydrogen-bond donors (Lipinski definition) is 2. The van der Waals surface area contributed by atoms with Gasteiger partial charge >= 0.3 is 0 Å². The second kappa shape index (κ2) is 10.7. The van der Waals surface area contributed by atoms with Gasteiger partial charge in [0.1, 0.15) is 11.4 Å². The zero-order chi connectivity index (χ0) is 24.1. The van der Waals surface area contributed by atoms with Gasteiger partial charge in [0.15, 0.2) is 12.3 Å². The van der Waals surface area contributed by atoms with Crippen LogP contribution in [0, 0.1) is 13.8 Å². The number of thiazole rings is 1. The fourth-order valence-electron chi connectivity index (χ4n) is 3.50. The summed E-state index contributed by atoms with van der Waals surface area (Å²) in [5.41, 5.74) is 7.30. The molecule has 34 heavy (non-hydrogen) atoms. The number of hydrogen-bond acceptors (Lipinski definition) is 9. The van der Waals surface area contributed by atoms with E-state index in [0.717, 1.165) is 34.9 Å². The van der Waals surface area contributed by atoms with Crippen LogP contribution in [0.5, 0.6) is 5.75 Å². The number of carbonyl (C=O) groups excluding carboxylic acids is 3. The van der Waals surface area contributed by atoms with Crippen molar-refractivity contribution in [2.45, 2.75) is 32.6 Å². The van der Waals surface area contributed by atoms with Crippen LogP contribution in [0.3, 0.4) is 0 Å². The molecule has 4 rings (SSSR count). The Balaban J connectivity index is 1.23. The van der Waals surface area contributed by atoms with E-state index in [4.69, 9.17) is 4.74 Å². The van der Waals surface area contributed by atoms with Crippen molar-refractivity contribution in [3.8, 4) is 5.75 Å². The molecule has 3 heterocycles. The van der Waals surface area contributed by atoms with E-state index in [2.05, 4.69) is 25.4 Å². The summed E-state index contributed by atoms with van der Waals surface area (Å²) >= 11 is 2.45. The molecule has 0 aliphatic carbocycles. The topological polar surface area (TPSA) is 126 Å². The lowest BCUT2D eigenvalue weighted by molar-refractivity contribution is -0.134. The van der Waals surface area contributed by atoms with Crippen LogP contribution in [-0.4, -0.2) is 56.9 Å². The van der Waals surface area contributed by atoms with E-state index in [0.29, 0.717) is 18.8 Å². The van der Waals surface area contributed by atoms with Gasteiger partial charge < -0.3 is 9.64 Å². The number of nitrogens with one attached hydrogen (secondary N) is 2. The first kappa shape index (κ1) is 23.8. The number of ether oxygens (including phenoxy) is 1. The van der Waals surface area contributed by atoms with E-state index < -0.39 is 11.8 Å². The molecular weight excluding hydrogens is 476 g/mol. The standard InChI is InChI=1S/C22H24N6O4S2/c1-13-3-4-16(9-14(13)2)32-10-19(29)28-7-5-15(6-8-28)22-23-17(11-33-22)20(30)25-26-21(31)18-12-34-27-24-18/h3-4,9,11-12,15H,5-8,10H2,1-2H3,(H,25,30)(H,26,31). The zero-order valence-corrected chi connectivity index (χ0v) is 20.4. The second-order valence-corrected chi connectivity index (χ2v) is 9.46. The van der Waals surface area contributed by atoms with E-state index in [1.807, 2.05) is 36.9 Å². The number of piperidine rings is 1. The van der Waals surface area contributed by atoms with E-state index >= 15 is 0 Å². The minimum absolute atomic E-state index is 0.0113. The van der Waals surface area contributed by atoms with Gasteiger partial charge in [-0.1, -0.05) is 10.6 Å². The summed E-state index contributed by atoms with van der Waals surface area (Å²) in [5, 5.41) is 7.63. The van der Waals surface area contributed by atoms with Crippen LogP contribution in [0.4, 0.5) is 0 Å². The molecule has 3 aromatic rings. The molecule has 0 atom stereocenters. The average molecular weight is 501 g/mol. The number of benzene rings is 1. The van der Waals surface area contributed by atoms with Crippen LogP contribution in [0.25, 0.3) is 0 Å². The van der Waals surface area contributed by atoms with Crippen molar-refractivity contribution in [1.29, 1.82) is 0 Å². The molecule has 10 nitrogen and oxygen atoms in total. The van der Waals surface area contributed by atoms with Crippen LogP contribution < -0.4 is 15.6 Å². The van der Waals surface area contributed by atoms with Crippen molar-refractivity contribution in [2.75, 3.05) is 19.7 Å².